The van der Waals surface area contributed by atoms with E-state index >= 15 is 0 Å². The molecule has 2 saturated heterocycles. The third-order valence-corrected chi connectivity index (χ3v) is 6.77. The van der Waals surface area contributed by atoms with Crippen molar-refractivity contribution >= 4 is 15.9 Å². The van der Waals surface area contributed by atoms with Crippen LogP contribution in [-0.2, 0) is 10.0 Å². The molecule has 0 amide bonds. The summed E-state index contributed by atoms with van der Waals surface area (Å²) >= 11 is 0. The van der Waals surface area contributed by atoms with E-state index in [4.69, 9.17) is 0 Å². The minimum atomic E-state index is -3.51. The van der Waals surface area contributed by atoms with Crippen molar-refractivity contribution in [3.05, 3.63) is 41.0 Å². The Morgan fingerprint density at radius 2 is 1.68 bits per heavy atom. The minimum Gasteiger partial charge on any atom is -0.349 e. The Hall–Kier alpha value is -1.62. The van der Waals surface area contributed by atoms with Gasteiger partial charge in [0.15, 0.2) is 5.84 Å². The maximum atomic E-state index is 12.3. The first-order chi connectivity index (χ1) is 10.6. The van der Waals surface area contributed by atoms with Gasteiger partial charge in [-0.1, -0.05) is 23.3 Å². The predicted molar refractivity (Wildman–Crippen MR) is 84.3 cm³/mol. The maximum Gasteiger partial charge on any atom is 0.285 e. The molecule has 3 heterocycles. The van der Waals surface area contributed by atoms with Crippen molar-refractivity contribution < 1.29 is 8.42 Å². The third-order valence-electron chi connectivity index (χ3n) is 5.44. The maximum absolute atomic E-state index is 12.3. The van der Waals surface area contributed by atoms with Gasteiger partial charge in [-0.2, -0.15) is 8.42 Å². The molecule has 3 aliphatic heterocycles. The Balaban J connectivity index is 1.58. The van der Waals surface area contributed by atoms with Gasteiger partial charge in [-0.05, 0) is 50.7 Å². The molecule has 0 aromatic heterocycles. The van der Waals surface area contributed by atoms with Gasteiger partial charge in [0.1, 0.15) is 4.90 Å². The molecule has 4 aliphatic rings. The molecule has 1 saturated carbocycles. The van der Waals surface area contributed by atoms with Crippen molar-refractivity contribution in [3.63, 3.8) is 0 Å². The van der Waals surface area contributed by atoms with E-state index < -0.39 is 10.0 Å². The van der Waals surface area contributed by atoms with E-state index in [0.717, 1.165) is 31.2 Å². The standard InChI is InChI=1S/C17H18N2O2S/c20-22(21)16-4-2-1-3-15(16)17(18-22)19-13-7-8-14(19)10-12(9-13)11-5-6-11/h1-4,13-14H,5-10H2. The highest BCUT2D eigenvalue weighted by molar-refractivity contribution is 7.90. The fraction of sp³-hybridized carbons (Fsp3) is 0.471. The largest absolute Gasteiger partial charge is 0.349 e. The van der Waals surface area contributed by atoms with Crippen LogP contribution in [-0.4, -0.2) is 31.2 Å². The monoisotopic (exact) mass is 314 g/mol. The lowest BCUT2D eigenvalue weighted by Gasteiger charge is -2.37. The van der Waals surface area contributed by atoms with Crippen molar-refractivity contribution in [3.8, 4) is 0 Å². The molecular formula is C17H18N2O2S. The Bertz CT molecular complexity index is 816. The minimum absolute atomic E-state index is 0.371. The molecule has 114 valence electrons. The first kappa shape index (κ1) is 12.9. The van der Waals surface area contributed by atoms with Crippen LogP contribution in [0, 0.1) is 0 Å². The van der Waals surface area contributed by atoms with Gasteiger partial charge >= 0.3 is 0 Å². The zero-order valence-electron chi connectivity index (χ0n) is 12.3. The van der Waals surface area contributed by atoms with Gasteiger partial charge < -0.3 is 4.90 Å². The SMILES string of the molecule is O=S1(=O)N=C(N2C3CCC2CC(=C2CC2)C3)c2ccccc21. The van der Waals surface area contributed by atoms with Crippen LogP contribution >= 0.6 is 0 Å². The number of nitrogens with zero attached hydrogens (tertiary/aromatic N) is 2. The lowest BCUT2D eigenvalue weighted by atomic mass is 9.95. The molecule has 2 unspecified atom stereocenters. The van der Waals surface area contributed by atoms with E-state index in [-0.39, 0.29) is 0 Å². The zero-order valence-corrected chi connectivity index (χ0v) is 13.1. The number of hydrogen-bond donors (Lipinski definition) is 0. The number of rotatable bonds is 0. The summed E-state index contributed by atoms with van der Waals surface area (Å²) in [6.45, 7) is 0. The van der Waals surface area contributed by atoms with Gasteiger partial charge in [-0.25, -0.2) is 0 Å². The fourth-order valence-electron chi connectivity index (χ4n) is 4.34. The molecule has 3 fully saturated rings. The van der Waals surface area contributed by atoms with Crippen molar-refractivity contribution in [2.24, 2.45) is 4.40 Å². The summed E-state index contributed by atoms with van der Waals surface area (Å²) in [4.78, 5) is 2.69. The molecule has 2 atom stereocenters. The summed E-state index contributed by atoms with van der Waals surface area (Å²) in [5.74, 6) is 0.697. The molecule has 0 spiro atoms. The summed E-state index contributed by atoms with van der Waals surface area (Å²) in [6.07, 6.45) is 7.09. The van der Waals surface area contributed by atoms with Crippen LogP contribution in [0.4, 0.5) is 0 Å². The normalized spacial score (nSPS) is 31.3. The molecule has 0 radical (unpaired) electrons. The Morgan fingerprint density at radius 3 is 2.36 bits per heavy atom. The number of allylic oxidation sites excluding steroid dienone is 1. The molecule has 5 rings (SSSR count). The lowest BCUT2D eigenvalue weighted by Crippen LogP contribution is -2.44. The van der Waals surface area contributed by atoms with E-state index in [0.29, 0.717) is 22.8 Å². The van der Waals surface area contributed by atoms with E-state index in [1.807, 2.05) is 12.1 Å². The van der Waals surface area contributed by atoms with Crippen LogP contribution in [0.1, 0.15) is 44.1 Å². The van der Waals surface area contributed by atoms with E-state index in [1.54, 1.807) is 23.3 Å². The van der Waals surface area contributed by atoms with Crippen molar-refractivity contribution in [2.45, 2.75) is 55.5 Å². The Morgan fingerprint density at radius 1 is 1.00 bits per heavy atom. The summed E-state index contributed by atoms with van der Waals surface area (Å²) in [5, 5.41) is 0. The second-order valence-electron chi connectivity index (χ2n) is 6.79. The van der Waals surface area contributed by atoms with Gasteiger partial charge in [0, 0.05) is 17.6 Å². The average Bonchev–Trinajstić information content (AvgIpc) is 3.27. The Labute approximate surface area is 130 Å². The van der Waals surface area contributed by atoms with Crippen LogP contribution in [0.15, 0.2) is 44.7 Å². The van der Waals surface area contributed by atoms with Gasteiger partial charge in [0.2, 0.25) is 0 Å². The topological polar surface area (TPSA) is 49.7 Å². The molecule has 1 aromatic rings. The number of amidine groups is 1. The van der Waals surface area contributed by atoms with Crippen LogP contribution in [0.2, 0.25) is 0 Å². The van der Waals surface area contributed by atoms with Gasteiger partial charge in [-0.15, -0.1) is 4.40 Å². The molecule has 5 heteroatoms. The number of piperidine rings is 1. The van der Waals surface area contributed by atoms with Crippen molar-refractivity contribution in [1.82, 2.24) is 4.90 Å². The zero-order chi connectivity index (χ0) is 14.9. The highest BCUT2D eigenvalue weighted by atomic mass is 32.2. The van der Waals surface area contributed by atoms with E-state index in [1.165, 1.54) is 12.8 Å². The number of sulfonamides is 1. The molecule has 4 nitrogen and oxygen atoms in total. The van der Waals surface area contributed by atoms with Gasteiger partial charge in [0.05, 0.1) is 0 Å². The van der Waals surface area contributed by atoms with Crippen molar-refractivity contribution in [2.75, 3.05) is 0 Å². The summed E-state index contributed by atoms with van der Waals surface area (Å²) in [7, 11) is -3.51. The smallest absolute Gasteiger partial charge is 0.285 e. The average molecular weight is 314 g/mol. The number of benzene rings is 1. The lowest BCUT2D eigenvalue weighted by molar-refractivity contribution is 0.275. The first-order valence-corrected chi connectivity index (χ1v) is 9.50. The van der Waals surface area contributed by atoms with E-state index in [2.05, 4.69) is 9.30 Å². The van der Waals surface area contributed by atoms with Crippen LogP contribution < -0.4 is 0 Å². The first-order valence-electron chi connectivity index (χ1n) is 8.06. The third kappa shape index (κ3) is 1.75. The summed E-state index contributed by atoms with van der Waals surface area (Å²) in [5.41, 5.74) is 4.11. The second-order valence-corrected chi connectivity index (χ2v) is 8.37. The summed E-state index contributed by atoms with van der Waals surface area (Å²) < 4.78 is 28.7. The number of fused-ring (bicyclic) bond motifs is 3. The van der Waals surface area contributed by atoms with Gasteiger partial charge in [0.25, 0.3) is 10.0 Å². The highest BCUT2D eigenvalue weighted by Crippen LogP contribution is 2.46. The van der Waals surface area contributed by atoms with Crippen molar-refractivity contribution in [1.29, 1.82) is 0 Å². The van der Waals surface area contributed by atoms with Crippen LogP contribution in [0.5, 0.6) is 0 Å². The van der Waals surface area contributed by atoms with E-state index in [9.17, 15) is 8.42 Å². The van der Waals surface area contributed by atoms with Gasteiger partial charge in [-0.3, -0.25) is 0 Å². The second kappa shape index (κ2) is 4.22. The van der Waals surface area contributed by atoms with Crippen LogP contribution in [0.3, 0.4) is 0 Å². The predicted octanol–water partition coefficient (Wildman–Crippen LogP) is 2.85. The highest BCUT2D eigenvalue weighted by Gasteiger charge is 2.44. The molecule has 1 aromatic carbocycles. The quantitative estimate of drug-likeness (QED) is 0.692. The van der Waals surface area contributed by atoms with Crippen LogP contribution in [0.25, 0.3) is 0 Å². The molecular weight excluding hydrogens is 296 g/mol. The molecule has 22 heavy (non-hydrogen) atoms. The Kier molecular flexibility index (Phi) is 2.47. The molecule has 0 N–H and O–H groups in total. The number of hydrogen-bond acceptors (Lipinski definition) is 3. The molecule has 2 bridgehead atoms. The fourth-order valence-corrected chi connectivity index (χ4v) is 5.55. The molecule has 1 aliphatic carbocycles. The summed E-state index contributed by atoms with van der Waals surface area (Å²) in [6, 6.07) is 8.11.